The van der Waals surface area contributed by atoms with Gasteiger partial charge in [0.05, 0.1) is 11.2 Å². The topological polar surface area (TPSA) is 38.8 Å². The van der Waals surface area contributed by atoms with Crippen LogP contribution >= 0.6 is 0 Å². The van der Waals surface area contributed by atoms with Gasteiger partial charge in [0, 0.05) is 0 Å². The first-order chi connectivity index (χ1) is 9.51. The molecular weight excluding hydrogens is 252 g/mol. The standard InChI is InChI=1S/C17H22O3/c1-13(2)8-7-11-17(3)15(20-17)12-19-16(18)14-9-5-4-6-10-14/h4-6,8-10,15H,7,11-12H2,1-3H3/t15-,17+/m1/s1. The largest absolute Gasteiger partial charge is 0.459 e. The van der Waals surface area contributed by atoms with Crippen LogP contribution in [0.5, 0.6) is 0 Å². The molecule has 3 nitrogen and oxygen atoms in total. The maximum atomic E-state index is 11.8. The third-order valence-electron chi connectivity index (χ3n) is 3.60. The van der Waals surface area contributed by atoms with Gasteiger partial charge in [0.1, 0.15) is 12.7 Å². The van der Waals surface area contributed by atoms with Crippen molar-refractivity contribution in [1.82, 2.24) is 0 Å². The normalized spacial score (nSPS) is 24.1. The molecule has 0 aromatic heterocycles. The minimum atomic E-state index is -0.284. The molecule has 0 N–H and O–H groups in total. The molecule has 1 aliphatic rings. The number of carbonyl (C=O) groups is 1. The molecule has 0 radical (unpaired) electrons. The average molecular weight is 274 g/mol. The summed E-state index contributed by atoms with van der Waals surface area (Å²) in [6, 6.07) is 9.04. The minimum Gasteiger partial charge on any atom is -0.459 e. The number of rotatable bonds is 6. The molecule has 0 spiro atoms. The highest BCUT2D eigenvalue weighted by Gasteiger charge is 2.52. The Morgan fingerprint density at radius 1 is 1.35 bits per heavy atom. The molecule has 1 saturated heterocycles. The van der Waals surface area contributed by atoms with Gasteiger partial charge in [-0.2, -0.15) is 0 Å². The van der Waals surface area contributed by atoms with Gasteiger partial charge >= 0.3 is 5.97 Å². The van der Waals surface area contributed by atoms with E-state index in [0.717, 1.165) is 12.8 Å². The maximum Gasteiger partial charge on any atom is 0.338 e. The molecule has 20 heavy (non-hydrogen) atoms. The van der Waals surface area contributed by atoms with Crippen LogP contribution in [0.25, 0.3) is 0 Å². The Bertz CT molecular complexity index is 488. The van der Waals surface area contributed by atoms with Crippen molar-refractivity contribution in [3.8, 4) is 0 Å². The first-order valence-corrected chi connectivity index (χ1v) is 7.04. The Balaban J connectivity index is 1.74. The Hall–Kier alpha value is -1.61. The smallest absolute Gasteiger partial charge is 0.338 e. The lowest BCUT2D eigenvalue weighted by Gasteiger charge is -2.06. The van der Waals surface area contributed by atoms with Gasteiger partial charge in [-0.15, -0.1) is 0 Å². The van der Waals surface area contributed by atoms with Crippen molar-refractivity contribution >= 4 is 5.97 Å². The van der Waals surface area contributed by atoms with Gasteiger partial charge in [-0.05, 0) is 45.7 Å². The SMILES string of the molecule is CC(C)=CCC[C@]1(C)O[C@@H]1COC(=O)c1ccccc1. The summed E-state index contributed by atoms with van der Waals surface area (Å²) in [5.41, 5.74) is 1.77. The maximum absolute atomic E-state index is 11.8. The zero-order valence-corrected chi connectivity index (χ0v) is 12.4. The number of carbonyl (C=O) groups excluding carboxylic acids is 1. The zero-order chi connectivity index (χ0) is 14.6. The zero-order valence-electron chi connectivity index (χ0n) is 12.4. The molecular formula is C17H22O3. The van der Waals surface area contributed by atoms with Crippen LogP contribution in [0.2, 0.25) is 0 Å². The highest BCUT2D eigenvalue weighted by Crippen LogP contribution is 2.40. The van der Waals surface area contributed by atoms with E-state index in [0.29, 0.717) is 12.2 Å². The third kappa shape index (κ3) is 3.94. The van der Waals surface area contributed by atoms with Gasteiger partial charge in [0.25, 0.3) is 0 Å². The van der Waals surface area contributed by atoms with Gasteiger partial charge in [-0.25, -0.2) is 4.79 Å². The summed E-state index contributed by atoms with van der Waals surface area (Å²) < 4.78 is 11.0. The molecule has 0 unspecified atom stereocenters. The molecule has 1 heterocycles. The Labute approximate surface area is 120 Å². The number of hydrogen-bond donors (Lipinski definition) is 0. The average Bonchev–Trinajstić information content (AvgIpc) is 3.07. The van der Waals surface area contributed by atoms with Crippen LogP contribution in [0.4, 0.5) is 0 Å². The van der Waals surface area contributed by atoms with Crippen molar-refractivity contribution in [1.29, 1.82) is 0 Å². The molecule has 0 aliphatic carbocycles. The Kier molecular flexibility index (Phi) is 4.61. The number of benzene rings is 1. The van der Waals surface area contributed by atoms with Crippen LogP contribution < -0.4 is 0 Å². The predicted octanol–water partition coefficient (Wildman–Crippen LogP) is 3.75. The second-order valence-corrected chi connectivity index (χ2v) is 5.70. The lowest BCUT2D eigenvalue weighted by atomic mass is 10.0. The molecule has 1 aliphatic heterocycles. The van der Waals surface area contributed by atoms with Crippen LogP contribution in [0.3, 0.4) is 0 Å². The van der Waals surface area contributed by atoms with Crippen LogP contribution in [-0.2, 0) is 9.47 Å². The van der Waals surface area contributed by atoms with Crippen molar-refractivity contribution in [2.24, 2.45) is 0 Å². The molecule has 2 rings (SSSR count). The molecule has 3 heteroatoms. The minimum absolute atomic E-state index is 0.0284. The van der Waals surface area contributed by atoms with Crippen molar-refractivity contribution in [2.45, 2.75) is 45.3 Å². The van der Waals surface area contributed by atoms with E-state index < -0.39 is 0 Å². The fourth-order valence-electron chi connectivity index (χ4n) is 2.18. The number of esters is 1. The lowest BCUT2D eigenvalue weighted by Crippen LogP contribution is -2.17. The van der Waals surface area contributed by atoms with Gasteiger partial charge in [-0.3, -0.25) is 0 Å². The fraction of sp³-hybridized carbons (Fsp3) is 0.471. The summed E-state index contributed by atoms with van der Waals surface area (Å²) in [7, 11) is 0. The van der Waals surface area contributed by atoms with E-state index in [1.54, 1.807) is 12.1 Å². The highest BCUT2D eigenvalue weighted by molar-refractivity contribution is 5.89. The molecule has 0 amide bonds. The summed E-state index contributed by atoms with van der Waals surface area (Å²) in [4.78, 5) is 11.8. The number of ether oxygens (including phenoxy) is 2. The van der Waals surface area contributed by atoms with E-state index in [2.05, 4.69) is 26.8 Å². The van der Waals surface area contributed by atoms with Crippen molar-refractivity contribution in [3.05, 3.63) is 47.5 Å². The second kappa shape index (κ2) is 6.23. The summed E-state index contributed by atoms with van der Waals surface area (Å²) in [6.07, 6.45) is 4.20. The van der Waals surface area contributed by atoms with Gasteiger partial charge in [-0.1, -0.05) is 29.8 Å². The van der Waals surface area contributed by atoms with Gasteiger partial charge in [0.2, 0.25) is 0 Å². The fourth-order valence-corrected chi connectivity index (χ4v) is 2.18. The Morgan fingerprint density at radius 3 is 2.70 bits per heavy atom. The quantitative estimate of drug-likeness (QED) is 0.450. The number of allylic oxidation sites excluding steroid dienone is 2. The molecule has 0 bridgehead atoms. The van der Waals surface area contributed by atoms with E-state index in [1.807, 2.05) is 18.2 Å². The van der Waals surface area contributed by atoms with Crippen LogP contribution in [0.15, 0.2) is 42.0 Å². The number of hydrogen-bond acceptors (Lipinski definition) is 3. The van der Waals surface area contributed by atoms with E-state index in [9.17, 15) is 4.79 Å². The van der Waals surface area contributed by atoms with Crippen LogP contribution in [0, 0.1) is 0 Å². The summed E-state index contributed by atoms with van der Waals surface area (Å²) in [5, 5.41) is 0. The van der Waals surface area contributed by atoms with E-state index in [4.69, 9.17) is 9.47 Å². The third-order valence-corrected chi connectivity index (χ3v) is 3.60. The molecule has 2 atom stereocenters. The Morgan fingerprint density at radius 2 is 2.05 bits per heavy atom. The van der Waals surface area contributed by atoms with E-state index >= 15 is 0 Å². The van der Waals surface area contributed by atoms with E-state index in [1.165, 1.54) is 5.57 Å². The summed E-state index contributed by atoms with van der Waals surface area (Å²) >= 11 is 0. The van der Waals surface area contributed by atoms with Gasteiger partial charge in [0.15, 0.2) is 0 Å². The van der Waals surface area contributed by atoms with Crippen LogP contribution in [0.1, 0.15) is 44.0 Å². The first kappa shape index (κ1) is 14.8. The first-order valence-electron chi connectivity index (χ1n) is 7.04. The highest BCUT2D eigenvalue weighted by atomic mass is 16.6. The van der Waals surface area contributed by atoms with Crippen molar-refractivity contribution in [3.63, 3.8) is 0 Å². The second-order valence-electron chi connectivity index (χ2n) is 5.70. The van der Waals surface area contributed by atoms with Crippen LogP contribution in [-0.4, -0.2) is 24.3 Å². The van der Waals surface area contributed by atoms with Crippen molar-refractivity contribution in [2.75, 3.05) is 6.61 Å². The van der Waals surface area contributed by atoms with Crippen molar-refractivity contribution < 1.29 is 14.3 Å². The van der Waals surface area contributed by atoms with Gasteiger partial charge < -0.3 is 9.47 Å². The molecule has 1 aromatic carbocycles. The predicted molar refractivity (Wildman–Crippen MR) is 78.7 cm³/mol. The summed E-state index contributed by atoms with van der Waals surface area (Å²) in [5.74, 6) is -0.284. The monoisotopic (exact) mass is 274 g/mol. The molecule has 108 valence electrons. The lowest BCUT2D eigenvalue weighted by molar-refractivity contribution is 0.0476. The molecule has 0 saturated carbocycles. The molecule has 1 aromatic rings. The van der Waals surface area contributed by atoms with E-state index in [-0.39, 0.29) is 17.7 Å². The number of epoxide rings is 1. The molecule has 1 fully saturated rings. The summed E-state index contributed by atoms with van der Waals surface area (Å²) in [6.45, 7) is 6.59.